The van der Waals surface area contributed by atoms with Crippen LogP contribution in [-0.2, 0) is 0 Å². The normalized spacial score (nSPS) is 18.5. The van der Waals surface area contributed by atoms with Crippen molar-refractivity contribution in [2.24, 2.45) is 0 Å². The van der Waals surface area contributed by atoms with Gasteiger partial charge in [0.05, 0.1) is 24.3 Å². The van der Waals surface area contributed by atoms with Crippen LogP contribution in [0.3, 0.4) is 0 Å². The second kappa shape index (κ2) is 5.73. The van der Waals surface area contributed by atoms with Gasteiger partial charge in [0.25, 0.3) is 0 Å². The highest BCUT2D eigenvalue weighted by molar-refractivity contribution is 5.60. The maximum absolute atomic E-state index is 4.70. The lowest BCUT2D eigenvalue weighted by Crippen LogP contribution is -2.38. The van der Waals surface area contributed by atoms with Crippen LogP contribution >= 0.6 is 0 Å². The molecule has 6 heteroatoms. The van der Waals surface area contributed by atoms with Crippen molar-refractivity contribution in [1.82, 2.24) is 24.7 Å². The first-order valence-electron chi connectivity index (χ1n) is 7.62. The Kier molecular flexibility index (Phi) is 3.44. The number of nitrogens with zero attached hydrogens (tertiary/aromatic N) is 4. The summed E-state index contributed by atoms with van der Waals surface area (Å²) < 4.78 is 2.02. The molecule has 1 atom stereocenters. The zero-order valence-corrected chi connectivity index (χ0v) is 12.2. The molecule has 1 fully saturated rings. The summed E-state index contributed by atoms with van der Waals surface area (Å²) in [5.74, 6) is 0.817. The molecule has 0 radical (unpaired) electrons. The van der Waals surface area contributed by atoms with E-state index in [1.807, 2.05) is 35.0 Å². The predicted molar refractivity (Wildman–Crippen MR) is 85.7 cm³/mol. The molecule has 0 saturated carbocycles. The average molecular weight is 294 g/mol. The highest BCUT2D eigenvalue weighted by atomic mass is 15.1. The summed E-state index contributed by atoms with van der Waals surface area (Å²) in [6, 6.07) is 6.36. The molecule has 3 aromatic heterocycles. The molecule has 3 aromatic rings. The fourth-order valence-corrected chi connectivity index (χ4v) is 2.87. The van der Waals surface area contributed by atoms with Crippen LogP contribution in [0.1, 0.15) is 12.8 Å². The molecule has 6 nitrogen and oxygen atoms in total. The van der Waals surface area contributed by atoms with E-state index in [-0.39, 0.29) is 0 Å². The molecule has 0 spiro atoms. The summed E-state index contributed by atoms with van der Waals surface area (Å²) >= 11 is 0. The van der Waals surface area contributed by atoms with Crippen molar-refractivity contribution in [2.75, 3.05) is 18.4 Å². The minimum absolute atomic E-state index is 0.417. The molecule has 2 N–H and O–H groups in total. The van der Waals surface area contributed by atoms with Gasteiger partial charge in [0.1, 0.15) is 17.2 Å². The molecule has 112 valence electrons. The minimum atomic E-state index is 0.417. The SMILES string of the molecule is c1ccn2c(-c3cncc(NC4CCCNC4)n3)cnc2c1. The number of hydrogen-bond donors (Lipinski definition) is 2. The van der Waals surface area contributed by atoms with E-state index in [1.165, 1.54) is 6.42 Å². The second-order valence-corrected chi connectivity index (χ2v) is 5.55. The van der Waals surface area contributed by atoms with Gasteiger partial charge in [0.15, 0.2) is 0 Å². The van der Waals surface area contributed by atoms with Crippen molar-refractivity contribution in [1.29, 1.82) is 0 Å². The fourth-order valence-electron chi connectivity index (χ4n) is 2.87. The lowest BCUT2D eigenvalue weighted by atomic mass is 10.1. The van der Waals surface area contributed by atoms with Crippen molar-refractivity contribution < 1.29 is 0 Å². The van der Waals surface area contributed by atoms with Crippen LogP contribution in [0.5, 0.6) is 0 Å². The summed E-state index contributed by atoms with van der Waals surface area (Å²) in [7, 11) is 0. The van der Waals surface area contributed by atoms with E-state index in [0.717, 1.165) is 42.4 Å². The molecule has 0 aliphatic carbocycles. The first kappa shape index (κ1) is 13.2. The summed E-state index contributed by atoms with van der Waals surface area (Å²) in [5.41, 5.74) is 2.69. The van der Waals surface area contributed by atoms with Crippen molar-refractivity contribution in [3.05, 3.63) is 43.0 Å². The Labute approximate surface area is 128 Å². The van der Waals surface area contributed by atoms with Crippen molar-refractivity contribution >= 4 is 11.5 Å². The van der Waals surface area contributed by atoms with E-state index in [1.54, 1.807) is 12.4 Å². The predicted octanol–water partition coefficient (Wildman–Crippen LogP) is 1.96. The van der Waals surface area contributed by atoms with Gasteiger partial charge in [-0.2, -0.15) is 0 Å². The van der Waals surface area contributed by atoms with Gasteiger partial charge in [-0.25, -0.2) is 9.97 Å². The topological polar surface area (TPSA) is 67.1 Å². The number of anilines is 1. The standard InChI is InChI=1S/C16H18N6/c1-2-7-22-14(10-19-16(22)5-1)13-9-18-11-15(21-13)20-12-4-3-6-17-8-12/h1-2,5,7,9-12,17H,3-4,6,8H2,(H,20,21). The molecule has 0 aromatic carbocycles. The van der Waals surface area contributed by atoms with Gasteiger partial charge in [-0.05, 0) is 31.5 Å². The summed E-state index contributed by atoms with van der Waals surface area (Å²) in [6.07, 6.45) is 9.74. The van der Waals surface area contributed by atoms with Gasteiger partial charge in [0, 0.05) is 18.8 Å². The fraction of sp³-hybridized carbons (Fsp3) is 0.312. The van der Waals surface area contributed by atoms with Gasteiger partial charge in [-0.15, -0.1) is 0 Å². The Morgan fingerprint density at radius 3 is 3.14 bits per heavy atom. The summed E-state index contributed by atoms with van der Waals surface area (Å²) in [6.45, 7) is 2.08. The maximum Gasteiger partial charge on any atom is 0.145 e. The Bertz CT molecular complexity index is 775. The number of nitrogens with one attached hydrogen (secondary N) is 2. The third kappa shape index (κ3) is 2.53. The van der Waals surface area contributed by atoms with Gasteiger partial charge >= 0.3 is 0 Å². The van der Waals surface area contributed by atoms with E-state index < -0.39 is 0 Å². The largest absolute Gasteiger partial charge is 0.365 e. The number of imidazole rings is 1. The quantitative estimate of drug-likeness (QED) is 0.773. The number of pyridine rings is 1. The second-order valence-electron chi connectivity index (χ2n) is 5.55. The molecule has 1 saturated heterocycles. The molecule has 1 aliphatic heterocycles. The molecule has 4 heterocycles. The van der Waals surface area contributed by atoms with Crippen LogP contribution in [0, 0.1) is 0 Å². The van der Waals surface area contributed by atoms with Crippen LogP contribution < -0.4 is 10.6 Å². The molecule has 1 aliphatic rings. The van der Waals surface area contributed by atoms with Crippen LogP contribution in [0.25, 0.3) is 17.0 Å². The molecule has 22 heavy (non-hydrogen) atoms. The molecular weight excluding hydrogens is 276 g/mol. The molecule has 1 unspecified atom stereocenters. The van der Waals surface area contributed by atoms with Gasteiger partial charge in [-0.1, -0.05) is 6.07 Å². The molecular formula is C16H18N6. The number of fused-ring (bicyclic) bond motifs is 1. The Balaban J connectivity index is 1.63. The number of rotatable bonds is 3. The van der Waals surface area contributed by atoms with E-state index in [4.69, 9.17) is 4.98 Å². The first-order chi connectivity index (χ1) is 10.9. The third-order valence-electron chi connectivity index (χ3n) is 3.96. The Morgan fingerprint density at radius 1 is 1.23 bits per heavy atom. The van der Waals surface area contributed by atoms with E-state index in [2.05, 4.69) is 20.6 Å². The Hall–Kier alpha value is -2.47. The van der Waals surface area contributed by atoms with Crippen LogP contribution in [0.2, 0.25) is 0 Å². The third-order valence-corrected chi connectivity index (χ3v) is 3.96. The lowest BCUT2D eigenvalue weighted by Gasteiger charge is -2.24. The zero-order valence-electron chi connectivity index (χ0n) is 12.2. The van der Waals surface area contributed by atoms with Crippen molar-refractivity contribution in [3.63, 3.8) is 0 Å². The van der Waals surface area contributed by atoms with Gasteiger partial charge in [-0.3, -0.25) is 9.38 Å². The number of hydrogen-bond acceptors (Lipinski definition) is 5. The maximum atomic E-state index is 4.70. The van der Waals surface area contributed by atoms with E-state index in [0.29, 0.717) is 6.04 Å². The molecule has 4 rings (SSSR count). The van der Waals surface area contributed by atoms with E-state index in [9.17, 15) is 0 Å². The highest BCUT2D eigenvalue weighted by Gasteiger charge is 2.14. The zero-order chi connectivity index (χ0) is 14.8. The summed E-state index contributed by atoms with van der Waals surface area (Å²) in [5, 5.41) is 6.86. The smallest absolute Gasteiger partial charge is 0.145 e. The van der Waals surface area contributed by atoms with Crippen molar-refractivity contribution in [3.8, 4) is 11.4 Å². The van der Waals surface area contributed by atoms with E-state index >= 15 is 0 Å². The molecule has 0 bridgehead atoms. The molecule has 0 amide bonds. The van der Waals surface area contributed by atoms with Gasteiger partial charge in [0.2, 0.25) is 0 Å². The van der Waals surface area contributed by atoms with Crippen molar-refractivity contribution in [2.45, 2.75) is 18.9 Å². The van der Waals surface area contributed by atoms with Gasteiger partial charge < -0.3 is 10.6 Å². The number of piperidine rings is 1. The van der Waals surface area contributed by atoms with Crippen LogP contribution in [0.4, 0.5) is 5.82 Å². The first-order valence-corrected chi connectivity index (χ1v) is 7.62. The highest BCUT2D eigenvalue weighted by Crippen LogP contribution is 2.20. The lowest BCUT2D eigenvalue weighted by molar-refractivity contribution is 0.479. The summed E-state index contributed by atoms with van der Waals surface area (Å²) in [4.78, 5) is 13.4. The van der Waals surface area contributed by atoms with Crippen LogP contribution in [-0.4, -0.2) is 38.5 Å². The van der Waals surface area contributed by atoms with Crippen LogP contribution in [0.15, 0.2) is 43.0 Å². The number of aromatic nitrogens is 4. The minimum Gasteiger partial charge on any atom is -0.365 e. The monoisotopic (exact) mass is 294 g/mol. The average Bonchev–Trinajstić information content (AvgIpc) is 3.00. The Morgan fingerprint density at radius 2 is 2.23 bits per heavy atom.